The van der Waals surface area contributed by atoms with Crippen molar-refractivity contribution in [3.63, 3.8) is 0 Å². The first-order valence-corrected chi connectivity index (χ1v) is 9.50. The predicted octanol–water partition coefficient (Wildman–Crippen LogP) is 5.40. The van der Waals surface area contributed by atoms with E-state index in [0.29, 0.717) is 0 Å². The van der Waals surface area contributed by atoms with Crippen molar-refractivity contribution >= 4 is 12.2 Å². The van der Waals surface area contributed by atoms with Gasteiger partial charge >= 0.3 is 0 Å². The molecule has 2 aliphatic rings. The molecule has 0 saturated carbocycles. The van der Waals surface area contributed by atoms with Gasteiger partial charge in [0.15, 0.2) is 0 Å². The van der Waals surface area contributed by atoms with Gasteiger partial charge < -0.3 is 10.2 Å². The average Bonchev–Trinajstić information content (AvgIpc) is 2.67. The molecular formula is C24H28O2. The maximum absolute atomic E-state index is 9.56. The highest BCUT2D eigenvalue weighted by molar-refractivity contribution is 5.61. The van der Waals surface area contributed by atoms with Crippen LogP contribution in [0.5, 0.6) is 0 Å². The standard InChI is InChI=1S/2C12H14O/c2*1-9(13)11-8-4-6-10-5-2-3-7-12(10)11/h3-4,6-9,13H,2,5H2,1H3;2,4-6,8-9,13H,3,7H2,1H3/t2*9-/m11/s1. The van der Waals surface area contributed by atoms with Crippen LogP contribution in [0.1, 0.15) is 72.3 Å². The number of allylic oxidation sites excluding steroid dienone is 2. The lowest BCUT2D eigenvalue weighted by molar-refractivity contribution is 0.198. The van der Waals surface area contributed by atoms with Crippen LogP contribution in [0.2, 0.25) is 0 Å². The minimum Gasteiger partial charge on any atom is -0.389 e. The van der Waals surface area contributed by atoms with E-state index in [1.165, 1.54) is 22.3 Å². The number of fused-ring (bicyclic) bond motifs is 2. The zero-order valence-corrected chi connectivity index (χ0v) is 15.7. The molecule has 2 aliphatic carbocycles. The summed E-state index contributed by atoms with van der Waals surface area (Å²) in [7, 11) is 0. The van der Waals surface area contributed by atoms with E-state index in [0.717, 1.165) is 36.8 Å². The minimum atomic E-state index is -0.363. The summed E-state index contributed by atoms with van der Waals surface area (Å²) in [5, 5.41) is 19.1. The fourth-order valence-corrected chi connectivity index (χ4v) is 3.76. The Bertz CT molecular complexity index is 813. The second-order valence-electron chi connectivity index (χ2n) is 7.07. The molecule has 2 N–H and O–H groups in total. The quantitative estimate of drug-likeness (QED) is 0.763. The van der Waals surface area contributed by atoms with Crippen molar-refractivity contribution < 1.29 is 10.2 Å². The SMILES string of the molecule is C[C@@H](O)c1cccc2c1C=CCC2.C[C@@H](O)c1cccc2c1CCC=C2. The molecular weight excluding hydrogens is 320 g/mol. The van der Waals surface area contributed by atoms with Crippen LogP contribution in [-0.4, -0.2) is 10.2 Å². The van der Waals surface area contributed by atoms with E-state index in [2.05, 4.69) is 36.4 Å². The fraction of sp³-hybridized carbons (Fsp3) is 0.333. The largest absolute Gasteiger partial charge is 0.389 e. The van der Waals surface area contributed by atoms with Crippen molar-refractivity contribution in [3.8, 4) is 0 Å². The molecule has 4 rings (SSSR count). The first kappa shape index (κ1) is 18.6. The number of aliphatic hydroxyl groups is 2. The predicted molar refractivity (Wildman–Crippen MR) is 109 cm³/mol. The monoisotopic (exact) mass is 348 g/mol. The van der Waals surface area contributed by atoms with Gasteiger partial charge in [0.25, 0.3) is 0 Å². The van der Waals surface area contributed by atoms with Gasteiger partial charge in [-0.1, -0.05) is 60.7 Å². The third-order valence-corrected chi connectivity index (χ3v) is 5.10. The molecule has 0 aromatic heterocycles. The van der Waals surface area contributed by atoms with Crippen molar-refractivity contribution in [3.05, 3.63) is 81.9 Å². The minimum absolute atomic E-state index is 0.346. The summed E-state index contributed by atoms with van der Waals surface area (Å²) in [4.78, 5) is 0. The normalized spacial score (nSPS) is 16.8. The Balaban J connectivity index is 0.000000151. The lowest BCUT2D eigenvalue weighted by Gasteiger charge is -2.16. The van der Waals surface area contributed by atoms with Crippen LogP contribution in [-0.2, 0) is 12.8 Å². The molecule has 0 radical (unpaired) electrons. The molecule has 0 heterocycles. The molecule has 26 heavy (non-hydrogen) atoms. The van der Waals surface area contributed by atoms with Gasteiger partial charge in [0, 0.05) is 0 Å². The number of benzene rings is 2. The summed E-state index contributed by atoms with van der Waals surface area (Å²) in [5.74, 6) is 0. The van der Waals surface area contributed by atoms with Gasteiger partial charge in [0.2, 0.25) is 0 Å². The van der Waals surface area contributed by atoms with Crippen LogP contribution in [0.25, 0.3) is 12.2 Å². The Morgan fingerprint density at radius 2 is 1.42 bits per heavy atom. The van der Waals surface area contributed by atoms with E-state index in [1.54, 1.807) is 0 Å². The van der Waals surface area contributed by atoms with Gasteiger partial charge in [-0.2, -0.15) is 0 Å². The maximum atomic E-state index is 9.56. The molecule has 0 fully saturated rings. The van der Waals surface area contributed by atoms with Crippen molar-refractivity contribution in [2.75, 3.05) is 0 Å². The topological polar surface area (TPSA) is 40.5 Å². The highest BCUT2D eigenvalue weighted by atomic mass is 16.3. The Hall–Kier alpha value is -2.16. The fourth-order valence-electron chi connectivity index (χ4n) is 3.76. The number of aryl methyl sites for hydroxylation is 1. The molecule has 0 unspecified atom stereocenters. The smallest absolute Gasteiger partial charge is 0.0767 e. The van der Waals surface area contributed by atoms with Crippen molar-refractivity contribution in [1.82, 2.24) is 0 Å². The van der Waals surface area contributed by atoms with Crippen molar-refractivity contribution in [2.24, 2.45) is 0 Å². The Morgan fingerprint density at radius 1 is 0.769 bits per heavy atom. The Labute approximate surface area is 156 Å². The van der Waals surface area contributed by atoms with Gasteiger partial charge in [-0.3, -0.25) is 0 Å². The van der Waals surface area contributed by atoms with E-state index in [-0.39, 0.29) is 12.2 Å². The molecule has 136 valence electrons. The summed E-state index contributed by atoms with van der Waals surface area (Å²) in [6.45, 7) is 3.64. The van der Waals surface area contributed by atoms with Crippen molar-refractivity contribution in [1.29, 1.82) is 0 Å². The zero-order chi connectivity index (χ0) is 18.5. The van der Waals surface area contributed by atoms with E-state index in [4.69, 9.17) is 0 Å². The second-order valence-corrected chi connectivity index (χ2v) is 7.07. The van der Waals surface area contributed by atoms with Gasteiger partial charge in [-0.05, 0) is 72.9 Å². The molecule has 0 spiro atoms. The highest BCUT2D eigenvalue weighted by Crippen LogP contribution is 2.27. The Morgan fingerprint density at radius 3 is 2.19 bits per heavy atom. The first-order chi connectivity index (χ1) is 12.6. The molecule has 0 saturated heterocycles. The molecule has 2 nitrogen and oxygen atoms in total. The summed E-state index contributed by atoms with van der Waals surface area (Å²) < 4.78 is 0. The highest BCUT2D eigenvalue weighted by Gasteiger charge is 2.12. The van der Waals surface area contributed by atoms with Gasteiger partial charge in [-0.25, -0.2) is 0 Å². The number of aliphatic hydroxyl groups excluding tert-OH is 2. The van der Waals surface area contributed by atoms with E-state index < -0.39 is 0 Å². The molecule has 2 heteroatoms. The summed E-state index contributed by atoms with van der Waals surface area (Å²) in [5.41, 5.74) is 7.31. The van der Waals surface area contributed by atoms with E-state index in [1.807, 2.05) is 38.1 Å². The zero-order valence-electron chi connectivity index (χ0n) is 15.7. The lowest BCUT2D eigenvalue weighted by Crippen LogP contribution is -2.02. The maximum Gasteiger partial charge on any atom is 0.0767 e. The number of hydrogen-bond donors (Lipinski definition) is 2. The van der Waals surface area contributed by atoms with Crippen LogP contribution >= 0.6 is 0 Å². The second kappa shape index (κ2) is 8.48. The van der Waals surface area contributed by atoms with Crippen molar-refractivity contribution in [2.45, 2.75) is 51.7 Å². The lowest BCUT2D eigenvalue weighted by atomic mass is 9.91. The van der Waals surface area contributed by atoms with Crippen LogP contribution < -0.4 is 0 Å². The third-order valence-electron chi connectivity index (χ3n) is 5.10. The van der Waals surface area contributed by atoms with Gasteiger partial charge in [-0.15, -0.1) is 0 Å². The molecule has 2 aromatic rings. The van der Waals surface area contributed by atoms with E-state index in [9.17, 15) is 10.2 Å². The van der Waals surface area contributed by atoms with Crippen LogP contribution in [0.4, 0.5) is 0 Å². The summed E-state index contributed by atoms with van der Waals surface area (Å²) in [6.07, 6.45) is 12.3. The third kappa shape index (κ3) is 4.14. The van der Waals surface area contributed by atoms with Gasteiger partial charge in [0.1, 0.15) is 0 Å². The molecule has 0 bridgehead atoms. The Kier molecular flexibility index (Phi) is 6.08. The number of rotatable bonds is 2. The average molecular weight is 348 g/mol. The van der Waals surface area contributed by atoms with Crippen LogP contribution in [0.3, 0.4) is 0 Å². The molecule has 2 aromatic carbocycles. The molecule has 2 atom stereocenters. The summed E-state index contributed by atoms with van der Waals surface area (Å²) in [6, 6.07) is 12.3. The first-order valence-electron chi connectivity index (χ1n) is 9.50. The number of hydrogen-bond acceptors (Lipinski definition) is 2. The molecule has 0 amide bonds. The summed E-state index contributed by atoms with van der Waals surface area (Å²) >= 11 is 0. The van der Waals surface area contributed by atoms with Crippen LogP contribution in [0, 0.1) is 0 Å². The molecule has 0 aliphatic heterocycles. The van der Waals surface area contributed by atoms with E-state index >= 15 is 0 Å². The van der Waals surface area contributed by atoms with Gasteiger partial charge in [0.05, 0.1) is 12.2 Å². The van der Waals surface area contributed by atoms with Crippen LogP contribution in [0.15, 0.2) is 48.6 Å².